The highest BCUT2D eigenvalue weighted by Crippen LogP contribution is 2.18. The lowest BCUT2D eigenvalue weighted by Crippen LogP contribution is -2.22. The van der Waals surface area contributed by atoms with Crippen LogP contribution in [0.3, 0.4) is 0 Å². The van der Waals surface area contributed by atoms with Gasteiger partial charge in [-0.05, 0) is 84.9 Å². The van der Waals surface area contributed by atoms with E-state index in [-0.39, 0.29) is 0 Å². The van der Waals surface area contributed by atoms with Crippen LogP contribution in [0.2, 0.25) is 0 Å². The minimum Gasteiger partial charge on any atom is -0.508 e. The maximum atomic E-state index is 9.98. The second-order valence-corrected chi connectivity index (χ2v) is 6.63. The monoisotopic (exact) mass is 322 g/mol. The van der Waals surface area contributed by atoms with E-state index in [1.165, 1.54) is 5.56 Å². The molecular weight excluding hydrogens is 288 g/mol. The van der Waals surface area contributed by atoms with Crippen LogP contribution in [0.4, 0.5) is 0 Å². The second-order valence-electron chi connectivity index (χ2n) is 6.63. The van der Waals surface area contributed by atoms with Crippen molar-refractivity contribution in [3.63, 3.8) is 0 Å². The highest BCUT2D eigenvalue weighted by atomic mass is 16.3. The van der Waals surface area contributed by atoms with Gasteiger partial charge < -0.3 is 25.5 Å². The maximum Gasteiger partial charge on any atom is 0.120 e. The van der Waals surface area contributed by atoms with Crippen molar-refractivity contribution in [1.82, 2.24) is 20.4 Å². The van der Waals surface area contributed by atoms with Crippen molar-refractivity contribution >= 4 is 0 Å². The van der Waals surface area contributed by atoms with Crippen molar-refractivity contribution in [2.75, 3.05) is 54.4 Å². The average molecular weight is 322 g/mol. The summed E-state index contributed by atoms with van der Waals surface area (Å²) in [4.78, 5) is 4.38. The Morgan fingerprint density at radius 3 is 2.00 bits per heavy atom. The number of hydrogen-bond acceptors (Lipinski definition) is 5. The van der Waals surface area contributed by atoms with Crippen LogP contribution in [-0.4, -0.2) is 69.3 Å². The minimum absolute atomic E-state index is 0.376. The van der Waals surface area contributed by atoms with Crippen LogP contribution in [-0.2, 0) is 13.1 Å². The number of aromatic hydroxyl groups is 1. The highest BCUT2D eigenvalue weighted by molar-refractivity contribution is 5.36. The van der Waals surface area contributed by atoms with Gasteiger partial charge in [0.25, 0.3) is 0 Å². The largest absolute Gasteiger partial charge is 0.508 e. The summed E-state index contributed by atoms with van der Waals surface area (Å²) >= 11 is 0. The maximum absolute atomic E-state index is 9.98. The van der Waals surface area contributed by atoms with Crippen molar-refractivity contribution in [3.8, 4) is 5.75 Å². The quantitative estimate of drug-likeness (QED) is 0.509. The molecule has 0 aliphatic rings. The number of phenolic OH excluding ortho intramolecular Hbond substituents is 1. The lowest BCUT2D eigenvalue weighted by Gasteiger charge is -2.12. The van der Waals surface area contributed by atoms with Gasteiger partial charge in [0.15, 0.2) is 0 Å². The molecule has 0 bridgehead atoms. The molecule has 0 fully saturated rings. The molecule has 0 saturated heterocycles. The fraction of sp³-hybridized carbons (Fsp3) is 0.667. The third-order valence-electron chi connectivity index (χ3n) is 3.71. The molecule has 0 saturated carbocycles. The fourth-order valence-electron chi connectivity index (χ4n) is 2.39. The minimum atomic E-state index is 0.376. The number of rotatable bonds is 12. The molecule has 5 heteroatoms. The molecule has 0 aliphatic carbocycles. The first-order valence-electron chi connectivity index (χ1n) is 8.50. The van der Waals surface area contributed by atoms with Crippen LogP contribution in [0, 0.1) is 0 Å². The van der Waals surface area contributed by atoms with E-state index >= 15 is 0 Å². The lowest BCUT2D eigenvalue weighted by atomic mass is 10.1. The molecule has 1 aromatic rings. The predicted molar refractivity (Wildman–Crippen MR) is 97.9 cm³/mol. The van der Waals surface area contributed by atoms with Crippen molar-refractivity contribution < 1.29 is 5.11 Å². The van der Waals surface area contributed by atoms with Crippen molar-refractivity contribution in [2.45, 2.75) is 25.9 Å². The van der Waals surface area contributed by atoms with E-state index in [9.17, 15) is 5.11 Å². The first-order valence-corrected chi connectivity index (χ1v) is 8.50. The van der Waals surface area contributed by atoms with Crippen LogP contribution in [0.25, 0.3) is 0 Å². The standard InChI is InChI=1S/C18H34N4O/c1-21(2)11-5-9-19-14-16-7-8-18(23)17(13-16)15-20-10-6-12-22(3)4/h7-8,13,19-20,23H,5-6,9-12,14-15H2,1-4H3. The summed E-state index contributed by atoms with van der Waals surface area (Å²) in [6.07, 6.45) is 2.26. The predicted octanol–water partition coefficient (Wildman–Crippen LogP) is 1.47. The summed E-state index contributed by atoms with van der Waals surface area (Å²) in [6, 6.07) is 5.88. The van der Waals surface area contributed by atoms with Gasteiger partial charge in [0, 0.05) is 18.7 Å². The second kappa shape index (κ2) is 11.4. The summed E-state index contributed by atoms with van der Waals surface area (Å²) in [7, 11) is 8.36. The zero-order chi connectivity index (χ0) is 17.1. The van der Waals surface area contributed by atoms with E-state index in [1.807, 2.05) is 6.07 Å². The summed E-state index contributed by atoms with van der Waals surface area (Å²) in [6.45, 7) is 5.72. The van der Waals surface area contributed by atoms with Gasteiger partial charge in [-0.15, -0.1) is 0 Å². The fourth-order valence-corrected chi connectivity index (χ4v) is 2.39. The van der Waals surface area contributed by atoms with E-state index in [1.54, 1.807) is 6.07 Å². The number of hydrogen-bond donors (Lipinski definition) is 3. The van der Waals surface area contributed by atoms with E-state index in [0.29, 0.717) is 12.3 Å². The Morgan fingerprint density at radius 1 is 0.870 bits per heavy atom. The molecule has 0 atom stereocenters. The number of benzene rings is 1. The van der Waals surface area contributed by atoms with Crippen molar-refractivity contribution in [1.29, 1.82) is 0 Å². The smallest absolute Gasteiger partial charge is 0.120 e. The van der Waals surface area contributed by atoms with Gasteiger partial charge in [-0.25, -0.2) is 0 Å². The van der Waals surface area contributed by atoms with Gasteiger partial charge in [-0.3, -0.25) is 0 Å². The first-order chi connectivity index (χ1) is 11.0. The number of nitrogens with zero attached hydrogens (tertiary/aromatic N) is 2. The molecular formula is C18H34N4O. The topological polar surface area (TPSA) is 50.8 Å². The Bertz CT molecular complexity index is 435. The van der Waals surface area contributed by atoms with Gasteiger partial charge in [-0.1, -0.05) is 6.07 Å². The van der Waals surface area contributed by atoms with E-state index in [2.05, 4.69) is 54.7 Å². The van der Waals surface area contributed by atoms with Crippen LogP contribution < -0.4 is 10.6 Å². The van der Waals surface area contributed by atoms with Gasteiger partial charge in [0.1, 0.15) is 5.75 Å². The third-order valence-corrected chi connectivity index (χ3v) is 3.71. The summed E-state index contributed by atoms with van der Waals surface area (Å²) in [5.74, 6) is 0.376. The first kappa shape index (κ1) is 19.9. The van der Waals surface area contributed by atoms with Crippen molar-refractivity contribution in [3.05, 3.63) is 29.3 Å². The van der Waals surface area contributed by atoms with Gasteiger partial charge in [-0.2, -0.15) is 0 Å². The molecule has 0 heterocycles. The Morgan fingerprint density at radius 2 is 1.43 bits per heavy atom. The van der Waals surface area contributed by atoms with E-state index in [4.69, 9.17) is 0 Å². The average Bonchev–Trinajstić information content (AvgIpc) is 2.48. The molecule has 0 aromatic heterocycles. The SMILES string of the molecule is CN(C)CCCNCc1ccc(O)c(CNCCCN(C)C)c1. The molecule has 23 heavy (non-hydrogen) atoms. The molecule has 0 aliphatic heterocycles. The Labute approximate surface area is 141 Å². The van der Waals surface area contributed by atoms with Gasteiger partial charge in [0.2, 0.25) is 0 Å². The molecule has 1 rings (SSSR count). The third kappa shape index (κ3) is 9.56. The Kier molecular flexibility index (Phi) is 9.87. The zero-order valence-electron chi connectivity index (χ0n) is 15.2. The Hall–Kier alpha value is -1.14. The van der Waals surface area contributed by atoms with Crippen molar-refractivity contribution in [2.24, 2.45) is 0 Å². The lowest BCUT2D eigenvalue weighted by molar-refractivity contribution is 0.393. The zero-order valence-corrected chi connectivity index (χ0v) is 15.2. The van der Waals surface area contributed by atoms with Gasteiger partial charge in [0.05, 0.1) is 0 Å². The molecule has 3 N–H and O–H groups in total. The molecule has 0 spiro atoms. The molecule has 132 valence electrons. The summed E-state index contributed by atoms with van der Waals surface area (Å²) in [5.41, 5.74) is 2.19. The van der Waals surface area contributed by atoms with Crippen LogP contribution >= 0.6 is 0 Å². The summed E-state index contributed by atoms with van der Waals surface area (Å²) < 4.78 is 0. The molecule has 1 aromatic carbocycles. The number of phenols is 1. The Balaban J connectivity index is 2.30. The van der Waals surface area contributed by atoms with Crippen LogP contribution in [0.5, 0.6) is 5.75 Å². The van der Waals surface area contributed by atoms with Gasteiger partial charge >= 0.3 is 0 Å². The molecule has 5 nitrogen and oxygen atoms in total. The van der Waals surface area contributed by atoms with E-state index in [0.717, 1.165) is 51.1 Å². The summed E-state index contributed by atoms with van der Waals surface area (Å²) in [5, 5.41) is 16.8. The number of nitrogens with one attached hydrogen (secondary N) is 2. The molecule has 0 radical (unpaired) electrons. The molecule has 0 amide bonds. The highest BCUT2D eigenvalue weighted by Gasteiger charge is 2.03. The normalized spacial score (nSPS) is 11.6. The van der Waals surface area contributed by atoms with Crippen LogP contribution in [0.15, 0.2) is 18.2 Å². The molecule has 0 unspecified atom stereocenters. The van der Waals surface area contributed by atoms with Crippen LogP contribution in [0.1, 0.15) is 24.0 Å². The van der Waals surface area contributed by atoms with E-state index < -0.39 is 0 Å².